The Balaban J connectivity index is 1.97. The predicted molar refractivity (Wildman–Crippen MR) is 82.4 cm³/mol. The number of aliphatic hydroxyl groups is 1. The van der Waals surface area contributed by atoms with Crippen molar-refractivity contribution in [3.05, 3.63) is 81.9 Å². The molecule has 0 amide bonds. The SMILES string of the molecule is O=C1C=C(c2cccc([N+](=O)[O-])c2)[C@@H]([C@H](O)c2ccccc2)O1. The maximum atomic E-state index is 11.6. The second-order valence-corrected chi connectivity index (χ2v) is 5.12. The topological polar surface area (TPSA) is 89.7 Å². The lowest BCUT2D eigenvalue weighted by atomic mass is 9.94. The molecule has 0 spiro atoms. The van der Waals surface area contributed by atoms with Gasteiger partial charge in [-0.3, -0.25) is 10.1 Å². The number of ether oxygens (including phenoxy) is 1. The minimum absolute atomic E-state index is 0.0873. The first-order valence-corrected chi connectivity index (χ1v) is 6.96. The quantitative estimate of drug-likeness (QED) is 0.532. The van der Waals surface area contributed by atoms with Crippen LogP contribution in [0.25, 0.3) is 5.57 Å². The fraction of sp³-hybridized carbons (Fsp3) is 0.118. The zero-order valence-electron chi connectivity index (χ0n) is 12.0. The number of benzene rings is 2. The van der Waals surface area contributed by atoms with Crippen LogP contribution in [0.1, 0.15) is 17.2 Å². The van der Waals surface area contributed by atoms with Gasteiger partial charge in [-0.25, -0.2) is 4.79 Å². The molecule has 1 aliphatic heterocycles. The first-order valence-electron chi connectivity index (χ1n) is 6.96. The van der Waals surface area contributed by atoms with Gasteiger partial charge in [-0.1, -0.05) is 42.5 Å². The van der Waals surface area contributed by atoms with Gasteiger partial charge in [0.1, 0.15) is 6.10 Å². The molecule has 23 heavy (non-hydrogen) atoms. The Labute approximate surface area is 131 Å². The number of cyclic esters (lactones) is 1. The van der Waals surface area contributed by atoms with Crippen molar-refractivity contribution in [3.63, 3.8) is 0 Å². The Morgan fingerprint density at radius 3 is 2.57 bits per heavy atom. The molecule has 116 valence electrons. The van der Waals surface area contributed by atoms with E-state index in [2.05, 4.69) is 0 Å². The van der Waals surface area contributed by atoms with Crippen molar-refractivity contribution in [2.24, 2.45) is 0 Å². The largest absolute Gasteiger partial charge is 0.451 e. The number of rotatable bonds is 4. The summed E-state index contributed by atoms with van der Waals surface area (Å²) in [6.45, 7) is 0. The average molecular weight is 311 g/mol. The lowest BCUT2D eigenvalue weighted by Crippen LogP contribution is -2.21. The maximum absolute atomic E-state index is 11.6. The zero-order valence-corrected chi connectivity index (χ0v) is 12.0. The van der Waals surface area contributed by atoms with Crippen LogP contribution in [0.5, 0.6) is 0 Å². The van der Waals surface area contributed by atoms with Crippen LogP contribution < -0.4 is 0 Å². The van der Waals surface area contributed by atoms with Gasteiger partial charge in [0.25, 0.3) is 5.69 Å². The first kappa shape index (κ1) is 14.9. The number of nitrogens with zero attached hydrogens (tertiary/aromatic N) is 1. The molecule has 1 aliphatic rings. The van der Waals surface area contributed by atoms with E-state index in [1.165, 1.54) is 24.3 Å². The van der Waals surface area contributed by atoms with E-state index < -0.39 is 23.1 Å². The normalized spacial score (nSPS) is 18.2. The van der Waals surface area contributed by atoms with Gasteiger partial charge in [0.2, 0.25) is 0 Å². The lowest BCUT2D eigenvalue weighted by Gasteiger charge is -2.21. The van der Waals surface area contributed by atoms with Crippen LogP contribution in [0.3, 0.4) is 0 Å². The average Bonchev–Trinajstić information content (AvgIpc) is 2.97. The van der Waals surface area contributed by atoms with Crippen LogP contribution in [0.4, 0.5) is 5.69 Å². The molecule has 2 aromatic carbocycles. The van der Waals surface area contributed by atoms with Gasteiger partial charge in [0.05, 0.1) is 4.92 Å². The second kappa shape index (κ2) is 6.02. The summed E-state index contributed by atoms with van der Waals surface area (Å²) in [7, 11) is 0. The molecule has 0 radical (unpaired) electrons. The molecule has 0 bridgehead atoms. The molecular weight excluding hydrogens is 298 g/mol. The van der Waals surface area contributed by atoms with Crippen LogP contribution in [0, 0.1) is 10.1 Å². The van der Waals surface area contributed by atoms with Gasteiger partial charge in [0, 0.05) is 23.8 Å². The smallest absolute Gasteiger partial charge is 0.331 e. The summed E-state index contributed by atoms with van der Waals surface area (Å²) in [5, 5.41) is 21.4. The van der Waals surface area contributed by atoms with Gasteiger partial charge in [0.15, 0.2) is 6.10 Å². The number of esters is 1. The summed E-state index contributed by atoms with van der Waals surface area (Å²) in [6, 6.07) is 14.7. The Morgan fingerprint density at radius 2 is 1.87 bits per heavy atom. The minimum atomic E-state index is -1.05. The summed E-state index contributed by atoms with van der Waals surface area (Å²) in [5.41, 5.74) is 1.42. The molecule has 0 fully saturated rings. The fourth-order valence-corrected chi connectivity index (χ4v) is 2.54. The highest BCUT2D eigenvalue weighted by atomic mass is 16.6. The highest BCUT2D eigenvalue weighted by Crippen LogP contribution is 2.35. The van der Waals surface area contributed by atoms with Crippen LogP contribution in [0.2, 0.25) is 0 Å². The molecule has 1 N–H and O–H groups in total. The molecule has 2 aromatic rings. The Hall–Kier alpha value is -2.99. The molecular formula is C17H13NO5. The standard InChI is InChI=1S/C17H13NO5/c19-15-10-14(12-7-4-8-13(9-12)18(21)22)17(23-15)16(20)11-5-2-1-3-6-11/h1-10,16-17,20H/t16-,17+/m1/s1. The molecule has 1 heterocycles. The van der Waals surface area contributed by atoms with Crippen molar-refractivity contribution in [2.45, 2.75) is 12.2 Å². The molecule has 0 aromatic heterocycles. The van der Waals surface area contributed by atoms with E-state index in [0.717, 1.165) is 0 Å². The Kier molecular flexibility index (Phi) is 3.91. The van der Waals surface area contributed by atoms with Gasteiger partial charge in [-0.05, 0) is 11.1 Å². The van der Waals surface area contributed by atoms with Crippen molar-refractivity contribution in [3.8, 4) is 0 Å². The van der Waals surface area contributed by atoms with Gasteiger partial charge >= 0.3 is 5.97 Å². The molecule has 0 unspecified atom stereocenters. The lowest BCUT2D eigenvalue weighted by molar-refractivity contribution is -0.384. The number of non-ortho nitro benzene ring substituents is 1. The van der Waals surface area contributed by atoms with E-state index in [9.17, 15) is 20.0 Å². The number of hydrogen-bond donors (Lipinski definition) is 1. The van der Waals surface area contributed by atoms with Gasteiger partial charge in [-0.15, -0.1) is 0 Å². The third-order valence-electron chi connectivity index (χ3n) is 3.64. The summed E-state index contributed by atoms with van der Waals surface area (Å²) in [4.78, 5) is 22.0. The Morgan fingerprint density at radius 1 is 1.13 bits per heavy atom. The molecule has 0 saturated heterocycles. The van der Waals surface area contributed by atoms with Crippen LogP contribution in [-0.4, -0.2) is 22.1 Å². The fourth-order valence-electron chi connectivity index (χ4n) is 2.54. The number of nitro benzene ring substituents is 1. The number of carbonyl (C=O) groups is 1. The van der Waals surface area contributed by atoms with Crippen LogP contribution >= 0.6 is 0 Å². The molecule has 2 atom stereocenters. The van der Waals surface area contributed by atoms with Crippen molar-refractivity contribution < 1.29 is 19.6 Å². The number of nitro groups is 1. The number of aliphatic hydroxyl groups excluding tert-OH is 1. The van der Waals surface area contributed by atoms with E-state index in [-0.39, 0.29) is 5.69 Å². The number of hydrogen-bond acceptors (Lipinski definition) is 5. The van der Waals surface area contributed by atoms with Crippen molar-refractivity contribution in [1.29, 1.82) is 0 Å². The monoisotopic (exact) mass is 311 g/mol. The zero-order chi connectivity index (χ0) is 16.4. The van der Waals surface area contributed by atoms with E-state index >= 15 is 0 Å². The summed E-state index contributed by atoms with van der Waals surface area (Å²) in [5.74, 6) is -0.577. The van der Waals surface area contributed by atoms with Crippen molar-refractivity contribution >= 4 is 17.2 Å². The van der Waals surface area contributed by atoms with Crippen LogP contribution in [0.15, 0.2) is 60.7 Å². The number of carbonyl (C=O) groups excluding carboxylic acids is 1. The van der Waals surface area contributed by atoms with E-state index in [1.54, 1.807) is 30.3 Å². The summed E-state index contributed by atoms with van der Waals surface area (Å²) < 4.78 is 5.19. The second-order valence-electron chi connectivity index (χ2n) is 5.12. The van der Waals surface area contributed by atoms with Gasteiger partial charge in [-0.2, -0.15) is 0 Å². The molecule has 0 aliphatic carbocycles. The predicted octanol–water partition coefficient (Wildman–Crippen LogP) is 2.64. The highest BCUT2D eigenvalue weighted by Gasteiger charge is 2.34. The third kappa shape index (κ3) is 2.97. The van der Waals surface area contributed by atoms with E-state index in [1.807, 2.05) is 6.07 Å². The molecule has 6 nitrogen and oxygen atoms in total. The van der Waals surface area contributed by atoms with Crippen molar-refractivity contribution in [2.75, 3.05) is 0 Å². The first-order chi connectivity index (χ1) is 11.1. The third-order valence-corrected chi connectivity index (χ3v) is 3.64. The van der Waals surface area contributed by atoms with E-state index in [4.69, 9.17) is 4.74 Å². The molecule has 6 heteroatoms. The summed E-state index contributed by atoms with van der Waals surface area (Å²) >= 11 is 0. The van der Waals surface area contributed by atoms with Gasteiger partial charge < -0.3 is 9.84 Å². The molecule has 0 saturated carbocycles. The van der Waals surface area contributed by atoms with Crippen molar-refractivity contribution in [1.82, 2.24) is 0 Å². The van der Waals surface area contributed by atoms with E-state index in [0.29, 0.717) is 16.7 Å². The minimum Gasteiger partial charge on any atom is -0.451 e. The molecule has 3 rings (SSSR count). The highest BCUT2D eigenvalue weighted by molar-refractivity contribution is 5.97. The maximum Gasteiger partial charge on any atom is 0.331 e. The summed E-state index contributed by atoms with van der Waals surface area (Å²) in [6.07, 6.45) is -0.685. The van der Waals surface area contributed by atoms with Crippen LogP contribution in [-0.2, 0) is 9.53 Å². The Bertz CT molecular complexity index is 785.